The normalized spacial score (nSPS) is 20.7. The molecular formula is C18H17F3N4O3. The number of carbonyl (C=O) groups is 1. The predicted molar refractivity (Wildman–Crippen MR) is 91.6 cm³/mol. The van der Waals surface area contributed by atoms with Gasteiger partial charge < -0.3 is 14.1 Å². The fraction of sp³-hybridized carbons (Fsp3) is 0.389. The van der Waals surface area contributed by atoms with Gasteiger partial charge in [-0.05, 0) is 32.0 Å². The van der Waals surface area contributed by atoms with E-state index in [4.69, 9.17) is 9.15 Å². The van der Waals surface area contributed by atoms with Gasteiger partial charge in [-0.15, -0.1) is 0 Å². The summed E-state index contributed by atoms with van der Waals surface area (Å²) in [7, 11) is 0. The third-order valence-electron chi connectivity index (χ3n) is 4.47. The van der Waals surface area contributed by atoms with Gasteiger partial charge >= 0.3 is 6.18 Å². The molecule has 1 saturated heterocycles. The maximum Gasteiger partial charge on any atom is 0.433 e. The first-order valence-electron chi connectivity index (χ1n) is 8.68. The van der Waals surface area contributed by atoms with Crippen LogP contribution in [0.4, 0.5) is 13.2 Å². The molecule has 1 aliphatic heterocycles. The number of aromatic nitrogens is 3. The third-order valence-corrected chi connectivity index (χ3v) is 4.47. The lowest BCUT2D eigenvalue weighted by Gasteiger charge is -2.35. The Kier molecular flexibility index (Phi) is 4.37. The second-order valence-corrected chi connectivity index (χ2v) is 6.76. The molecule has 7 nitrogen and oxygen atoms in total. The fourth-order valence-corrected chi connectivity index (χ4v) is 3.38. The zero-order valence-electron chi connectivity index (χ0n) is 15.1. The largest absolute Gasteiger partial charge is 0.463 e. The van der Waals surface area contributed by atoms with Gasteiger partial charge in [-0.1, -0.05) is 0 Å². The molecule has 4 rings (SSSR count). The number of furan rings is 1. The summed E-state index contributed by atoms with van der Waals surface area (Å²) < 4.78 is 52.2. The van der Waals surface area contributed by atoms with Crippen molar-refractivity contribution in [3.63, 3.8) is 0 Å². The molecule has 0 radical (unpaired) electrons. The second-order valence-electron chi connectivity index (χ2n) is 6.76. The molecule has 0 spiro atoms. The Morgan fingerprint density at radius 3 is 2.57 bits per heavy atom. The van der Waals surface area contributed by atoms with Crippen molar-refractivity contribution in [2.24, 2.45) is 0 Å². The summed E-state index contributed by atoms with van der Waals surface area (Å²) in [5, 5.41) is 3.79. The Bertz CT molecular complexity index is 1000. The number of alkyl halides is 3. The smallest absolute Gasteiger partial charge is 0.433 e. The number of hydrogen-bond donors (Lipinski definition) is 0. The van der Waals surface area contributed by atoms with E-state index in [0.29, 0.717) is 17.6 Å². The minimum atomic E-state index is -4.68. The number of fused-ring (bicyclic) bond motifs is 1. The Morgan fingerprint density at radius 2 is 1.96 bits per heavy atom. The number of nitrogens with zero attached hydrogens (tertiary/aromatic N) is 4. The molecule has 0 bridgehead atoms. The van der Waals surface area contributed by atoms with E-state index >= 15 is 0 Å². The predicted octanol–water partition coefficient (Wildman–Crippen LogP) is 3.26. The summed E-state index contributed by atoms with van der Waals surface area (Å²) in [5.41, 5.74) is -1.23. The summed E-state index contributed by atoms with van der Waals surface area (Å²) >= 11 is 0. The van der Waals surface area contributed by atoms with Crippen LogP contribution in [0.5, 0.6) is 0 Å². The van der Waals surface area contributed by atoms with Gasteiger partial charge in [0.2, 0.25) is 0 Å². The van der Waals surface area contributed by atoms with Gasteiger partial charge in [-0.25, -0.2) is 9.50 Å². The van der Waals surface area contributed by atoms with Gasteiger partial charge in [0.25, 0.3) is 5.91 Å². The first-order chi connectivity index (χ1) is 13.2. The Labute approximate surface area is 157 Å². The zero-order chi connectivity index (χ0) is 20.1. The van der Waals surface area contributed by atoms with Crippen molar-refractivity contribution in [3.8, 4) is 11.5 Å². The van der Waals surface area contributed by atoms with Crippen molar-refractivity contribution in [3.05, 3.63) is 41.9 Å². The lowest BCUT2D eigenvalue weighted by atomic mass is 10.2. The average molecular weight is 394 g/mol. The molecule has 0 aliphatic carbocycles. The van der Waals surface area contributed by atoms with E-state index in [0.717, 1.165) is 12.3 Å². The highest BCUT2D eigenvalue weighted by Crippen LogP contribution is 2.33. The number of halogens is 3. The molecule has 3 aromatic rings. The van der Waals surface area contributed by atoms with Crippen LogP contribution in [0.15, 0.2) is 35.1 Å². The SMILES string of the molecule is CC1CN(C(=O)c2cnn3c(C(F)(F)F)cc(-c4ccco4)nc23)CC(C)O1. The van der Waals surface area contributed by atoms with E-state index in [-0.39, 0.29) is 34.9 Å². The highest BCUT2D eigenvalue weighted by Gasteiger charge is 2.37. The molecule has 2 unspecified atom stereocenters. The summed E-state index contributed by atoms with van der Waals surface area (Å²) in [6.45, 7) is 4.34. The van der Waals surface area contributed by atoms with Gasteiger partial charge in [0.15, 0.2) is 17.1 Å². The quantitative estimate of drug-likeness (QED) is 0.667. The van der Waals surface area contributed by atoms with Gasteiger partial charge in [0, 0.05) is 13.1 Å². The minimum Gasteiger partial charge on any atom is -0.463 e. The van der Waals surface area contributed by atoms with E-state index in [1.165, 1.54) is 12.3 Å². The Balaban J connectivity index is 1.84. The van der Waals surface area contributed by atoms with Crippen LogP contribution in [0.3, 0.4) is 0 Å². The van der Waals surface area contributed by atoms with Crippen molar-refractivity contribution in [2.45, 2.75) is 32.2 Å². The summed E-state index contributed by atoms with van der Waals surface area (Å²) in [6, 6.07) is 3.90. The molecule has 0 aromatic carbocycles. The monoisotopic (exact) mass is 394 g/mol. The lowest BCUT2D eigenvalue weighted by molar-refractivity contribution is -0.142. The number of carbonyl (C=O) groups excluding carboxylic acids is 1. The highest BCUT2D eigenvalue weighted by atomic mass is 19.4. The Morgan fingerprint density at radius 1 is 1.25 bits per heavy atom. The van der Waals surface area contributed by atoms with Crippen molar-refractivity contribution in [1.82, 2.24) is 19.5 Å². The van der Waals surface area contributed by atoms with Gasteiger partial charge in [0.1, 0.15) is 11.3 Å². The fourth-order valence-electron chi connectivity index (χ4n) is 3.38. The van der Waals surface area contributed by atoms with Crippen molar-refractivity contribution in [2.75, 3.05) is 13.1 Å². The van der Waals surface area contributed by atoms with Crippen LogP contribution in [-0.4, -0.2) is 50.7 Å². The maximum atomic E-state index is 13.6. The average Bonchev–Trinajstić information content (AvgIpc) is 3.28. The summed E-state index contributed by atoms with van der Waals surface area (Å²) in [4.78, 5) is 18.8. The maximum absolute atomic E-state index is 13.6. The molecular weight excluding hydrogens is 377 g/mol. The van der Waals surface area contributed by atoms with E-state index in [9.17, 15) is 18.0 Å². The summed E-state index contributed by atoms with van der Waals surface area (Å²) in [5.74, 6) is -0.268. The third kappa shape index (κ3) is 3.24. The molecule has 28 heavy (non-hydrogen) atoms. The van der Waals surface area contributed by atoms with Crippen molar-refractivity contribution >= 4 is 11.6 Å². The zero-order valence-corrected chi connectivity index (χ0v) is 15.1. The van der Waals surface area contributed by atoms with Crippen molar-refractivity contribution < 1.29 is 27.1 Å². The van der Waals surface area contributed by atoms with Gasteiger partial charge in [-0.3, -0.25) is 4.79 Å². The molecule has 10 heteroatoms. The standard InChI is InChI=1S/C18H17F3N4O3/c1-10-8-24(9-11(2)28-10)17(26)12-7-22-25-15(18(19,20)21)6-13(23-16(12)25)14-4-3-5-27-14/h3-7,10-11H,8-9H2,1-2H3. The summed E-state index contributed by atoms with van der Waals surface area (Å²) in [6.07, 6.45) is -2.57. The number of rotatable bonds is 2. The first-order valence-corrected chi connectivity index (χ1v) is 8.68. The van der Waals surface area contributed by atoms with E-state index in [1.807, 2.05) is 13.8 Å². The lowest BCUT2D eigenvalue weighted by Crippen LogP contribution is -2.48. The van der Waals surface area contributed by atoms with Gasteiger partial charge in [0.05, 0.1) is 24.7 Å². The van der Waals surface area contributed by atoms with Gasteiger partial charge in [-0.2, -0.15) is 18.3 Å². The minimum absolute atomic E-state index is 0.000191. The first kappa shape index (κ1) is 18.5. The molecule has 148 valence electrons. The van der Waals surface area contributed by atoms with Crippen LogP contribution in [0, 0.1) is 0 Å². The molecule has 2 atom stereocenters. The van der Waals surface area contributed by atoms with E-state index in [1.54, 1.807) is 11.0 Å². The second kappa shape index (κ2) is 6.62. The number of amides is 1. The number of morpholine rings is 1. The van der Waals surface area contributed by atoms with Crippen LogP contribution in [-0.2, 0) is 10.9 Å². The van der Waals surface area contributed by atoms with Crippen LogP contribution in [0.25, 0.3) is 17.1 Å². The molecule has 4 heterocycles. The van der Waals surface area contributed by atoms with Crippen LogP contribution < -0.4 is 0 Å². The molecule has 1 fully saturated rings. The molecule has 0 N–H and O–H groups in total. The van der Waals surface area contributed by atoms with Crippen LogP contribution in [0.1, 0.15) is 29.9 Å². The Hall–Kier alpha value is -2.88. The molecule has 0 saturated carbocycles. The number of ether oxygens (including phenoxy) is 1. The molecule has 3 aromatic heterocycles. The van der Waals surface area contributed by atoms with E-state index in [2.05, 4.69) is 10.1 Å². The molecule has 1 amide bonds. The number of hydrogen-bond acceptors (Lipinski definition) is 5. The topological polar surface area (TPSA) is 72.9 Å². The van der Waals surface area contributed by atoms with Crippen LogP contribution in [0.2, 0.25) is 0 Å². The van der Waals surface area contributed by atoms with Crippen molar-refractivity contribution in [1.29, 1.82) is 0 Å². The molecule has 1 aliphatic rings. The van der Waals surface area contributed by atoms with Crippen LogP contribution >= 0.6 is 0 Å². The van der Waals surface area contributed by atoms with E-state index < -0.39 is 17.8 Å². The highest BCUT2D eigenvalue weighted by molar-refractivity contribution is 6.00.